The number of carbonyl (C=O) groups excluding carboxylic acids is 5. The lowest BCUT2D eigenvalue weighted by atomic mass is 10.1. The Kier molecular flexibility index (Phi) is 18.0. The molecule has 4 aromatic rings. The molecule has 0 spiro atoms. The van der Waals surface area contributed by atoms with E-state index in [4.69, 9.17) is 35.2 Å². The maximum Gasteiger partial charge on any atom is 0.408 e. The molecule has 0 radical (unpaired) electrons. The lowest BCUT2D eigenvalue weighted by Crippen LogP contribution is -2.63. The number of ether oxygens (including phenoxy) is 5. The van der Waals surface area contributed by atoms with E-state index in [1.165, 1.54) is 19.1 Å². The second-order valence-corrected chi connectivity index (χ2v) is 15.7. The number of aliphatic hydroxyl groups excluding tert-OH is 4. The van der Waals surface area contributed by atoms with E-state index in [2.05, 4.69) is 31.2 Å². The predicted molar refractivity (Wildman–Crippen MR) is 212 cm³/mol. The van der Waals surface area contributed by atoms with Crippen LogP contribution in [0, 0.1) is 6.92 Å². The quantitative estimate of drug-likeness (QED) is 0.0339. The third-order valence-electron chi connectivity index (χ3n) is 9.05. The maximum atomic E-state index is 12.2. The summed E-state index contributed by atoms with van der Waals surface area (Å²) in [7, 11) is -4.27. The lowest BCUT2D eigenvalue weighted by Gasteiger charge is -2.17. The first-order chi connectivity index (χ1) is 30.6. The topological polar surface area (TPSA) is 423 Å². The molecule has 10 atom stereocenters. The number of hydrogen-bond acceptors (Lipinski definition) is 21. The first-order valence-electron chi connectivity index (χ1n) is 19.2. The lowest BCUT2D eigenvalue weighted by molar-refractivity contribution is -0.403. The van der Waals surface area contributed by atoms with Crippen LogP contribution in [0.25, 0.3) is 0 Å². The van der Waals surface area contributed by atoms with Crippen LogP contribution in [0.5, 0.6) is 0 Å². The minimum atomic E-state index is -4.27. The fourth-order valence-corrected chi connectivity index (χ4v) is 5.96. The molecule has 2 aromatic heterocycles. The Hall–Kier alpha value is -6.50. The summed E-state index contributed by atoms with van der Waals surface area (Å²) in [6.45, 7) is 4.17. The number of nitrogens with one attached hydrogen (secondary N) is 1. The molecule has 2 unspecified atom stereocenters. The van der Waals surface area contributed by atoms with Crippen molar-refractivity contribution in [3.05, 3.63) is 90.0 Å². The molecule has 3 amide bonds. The van der Waals surface area contributed by atoms with Crippen LogP contribution in [0.15, 0.2) is 72.1 Å². The van der Waals surface area contributed by atoms with Crippen molar-refractivity contribution >= 4 is 40.0 Å². The number of nitrogens with zero attached hydrogens (tertiary/aromatic N) is 6. The fourth-order valence-electron chi connectivity index (χ4n) is 5.49. The number of aliphatic hydroxyl groups is 4. The van der Waals surface area contributed by atoms with E-state index < -0.39 is 108 Å². The van der Waals surface area contributed by atoms with Gasteiger partial charge in [-0.2, -0.15) is 0 Å². The van der Waals surface area contributed by atoms with E-state index in [0.29, 0.717) is 0 Å². The second-order valence-electron chi connectivity index (χ2n) is 14.3. The van der Waals surface area contributed by atoms with Crippen LogP contribution in [0.3, 0.4) is 0 Å². The standard InChI is InChI=1S/C19H23N5O8.C11H17N5O6.C7H8O3S/c1-10(22-19(29)31-7-11-5-3-2-4-6-11)18(28)30-8-12-13(25)14(26)17(32-12)24-9-21-16(23-24)15(20)27;1-4(12)11(20)21-2-5-6(17)7(18)10(22-5)16-3-14-9(15-16)8(13)19;1-6-2-4-7(5-3-6)11(8,9)10/h2-6,9-10,12-14,17,25-26H,7-8H2,1H3,(H2,20,27)(H,22,29);3-7,10,17-18H,2,12H2,1H3,(H2,13,19);2-5H,1H3,(H,8,9,10)/t10-,12+,13?,14+,17+;4-,5+,6?,7+,10+;/m00./s1. The molecule has 6 rings (SSSR count). The van der Waals surface area contributed by atoms with Crippen molar-refractivity contribution in [3.8, 4) is 0 Å². The average molecular weight is 937 g/mol. The highest BCUT2D eigenvalue weighted by molar-refractivity contribution is 7.85. The number of primary amides is 2. The number of aryl methyl sites for hydroxylation is 1. The molecule has 27 nitrogen and oxygen atoms in total. The van der Waals surface area contributed by atoms with Gasteiger partial charge in [0.05, 0.1) is 4.90 Å². The number of esters is 2. The average Bonchev–Trinajstić information content (AvgIpc) is 4.07. The predicted octanol–water partition coefficient (Wildman–Crippen LogP) is -4.08. The molecule has 2 aromatic carbocycles. The Morgan fingerprint density at radius 2 is 1.23 bits per heavy atom. The highest BCUT2D eigenvalue weighted by Crippen LogP contribution is 2.30. The number of quaternary nitrogens is 1. The van der Waals surface area contributed by atoms with E-state index in [1.807, 2.05) is 13.0 Å². The highest BCUT2D eigenvalue weighted by atomic mass is 32.2. The van der Waals surface area contributed by atoms with Crippen LogP contribution in [-0.4, -0.2) is 155 Å². The molecule has 12 N–H and O–H groups in total. The Bertz CT molecular complexity index is 2350. The van der Waals surface area contributed by atoms with Crippen LogP contribution < -0.4 is 22.5 Å². The number of rotatable bonds is 14. The molecule has 354 valence electrons. The Morgan fingerprint density at radius 1 is 0.769 bits per heavy atom. The molecule has 2 aliphatic rings. The Morgan fingerprint density at radius 3 is 1.65 bits per heavy atom. The molecule has 0 aliphatic carbocycles. The third-order valence-corrected chi connectivity index (χ3v) is 9.90. The number of amides is 3. The number of nitrogens with two attached hydrogens (primary N) is 2. The minimum Gasteiger partial charge on any atom is -0.744 e. The number of alkyl carbamates (subject to hydrolysis) is 1. The summed E-state index contributed by atoms with van der Waals surface area (Å²) in [5.41, 5.74) is 15.3. The zero-order valence-corrected chi connectivity index (χ0v) is 35.6. The fraction of sp³-hybridized carbons (Fsp3) is 0.432. The first-order valence-corrected chi connectivity index (χ1v) is 20.6. The summed E-state index contributed by atoms with van der Waals surface area (Å²) in [5.74, 6) is -3.58. The third kappa shape index (κ3) is 14.5. The minimum absolute atomic E-state index is 0.0373. The van der Waals surface area contributed by atoms with Crippen molar-refractivity contribution in [2.75, 3.05) is 13.2 Å². The second kappa shape index (κ2) is 22.9. The van der Waals surface area contributed by atoms with Gasteiger partial charge in [-0.3, -0.25) is 9.59 Å². The summed E-state index contributed by atoms with van der Waals surface area (Å²) in [6, 6.07) is 13.2. The van der Waals surface area contributed by atoms with E-state index in [0.717, 1.165) is 33.1 Å². The summed E-state index contributed by atoms with van der Waals surface area (Å²) in [5, 5.41) is 50.1. The molecule has 0 bridgehead atoms. The van der Waals surface area contributed by atoms with Crippen LogP contribution in [-0.2, 0) is 50.0 Å². The summed E-state index contributed by atoms with van der Waals surface area (Å²) in [6.07, 6.45) is -8.27. The van der Waals surface area contributed by atoms with E-state index >= 15 is 0 Å². The van der Waals surface area contributed by atoms with E-state index in [1.54, 1.807) is 43.3 Å². The van der Waals surface area contributed by atoms with Crippen LogP contribution in [0.4, 0.5) is 4.79 Å². The molecule has 65 heavy (non-hydrogen) atoms. The number of hydrogen-bond donors (Lipinski definition) is 8. The van der Waals surface area contributed by atoms with Crippen LogP contribution in [0.2, 0.25) is 0 Å². The van der Waals surface area contributed by atoms with Gasteiger partial charge in [0.1, 0.15) is 85.3 Å². The van der Waals surface area contributed by atoms with Gasteiger partial charge >= 0.3 is 18.0 Å². The smallest absolute Gasteiger partial charge is 0.408 e. The van der Waals surface area contributed by atoms with Gasteiger partial charge in [0.25, 0.3) is 11.8 Å². The molecule has 2 saturated heterocycles. The van der Waals surface area contributed by atoms with Crippen LogP contribution in [0.1, 0.15) is 58.7 Å². The van der Waals surface area contributed by atoms with Gasteiger partial charge in [0.15, 0.2) is 18.5 Å². The largest absolute Gasteiger partial charge is 0.744 e. The van der Waals surface area contributed by atoms with Crippen molar-refractivity contribution in [1.29, 1.82) is 0 Å². The van der Waals surface area contributed by atoms with Gasteiger partial charge in [-0.25, -0.2) is 42.1 Å². The van der Waals surface area contributed by atoms with Gasteiger partial charge in [-0.05, 0) is 38.5 Å². The summed E-state index contributed by atoms with van der Waals surface area (Å²) < 4.78 is 59.2. The molecule has 0 saturated carbocycles. The molecular formula is C37H48N10O17S. The highest BCUT2D eigenvalue weighted by Gasteiger charge is 2.46. The Balaban J connectivity index is 0.000000241. The van der Waals surface area contributed by atoms with Crippen molar-refractivity contribution < 1.29 is 86.8 Å². The van der Waals surface area contributed by atoms with Crippen LogP contribution >= 0.6 is 0 Å². The molecule has 4 heterocycles. The molecule has 2 fully saturated rings. The zero-order valence-electron chi connectivity index (χ0n) is 34.8. The zero-order chi connectivity index (χ0) is 48.2. The SMILES string of the molecule is C[C@H](NC(=O)OCc1ccccc1)C(=O)OC[C@H]1O[C@@H](n2cnc(C(N)=O)n2)[C@H](O)C1O.C[C@H]([NH3+])C(=O)OC[C@H]1O[C@@H](n2cnc(C(N)=O)n2)[C@H](O)C1O.Cc1ccc(S(=O)(=O)[O-])cc1. The number of carbonyl (C=O) groups is 5. The van der Waals surface area contributed by atoms with Crippen molar-refractivity contribution in [2.45, 2.75) is 93.4 Å². The van der Waals surface area contributed by atoms with Gasteiger partial charge in [-0.1, -0.05) is 48.0 Å². The van der Waals surface area contributed by atoms with Gasteiger partial charge in [-0.15, -0.1) is 10.2 Å². The summed E-state index contributed by atoms with van der Waals surface area (Å²) >= 11 is 0. The maximum absolute atomic E-state index is 12.2. The van der Waals surface area contributed by atoms with Gasteiger partial charge in [0.2, 0.25) is 11.6 Å². The van der Waals surface area contributed by atoms with E-state index in [-0.39, 0.29) is 29.8 Å². The normalized spacial score (nSPS) is 23.3. The Labute approximate surface area is 369 Å². The van der Waals surface area contributed by atoms with Gasteiger partial charge < -0.3 is 71.2 Å². The van der Waals surface area contributed by atoms with Crippen molar-refractivity contribution in [3.63, 3.8) is 0 Å². The van der Waals surface area contributed by atoms with Crippen molar-refractivity contribution in [2.24, 2.45) is 11.5 Å². The van der Waals surface area contributed by atoms with E-state index in [9.17, 15) is 57.4 Å². The van der Waals surface area contributed by atoms with Gasteiger partial charge in [0, 0.05) is 0 Å². The number of aromatic nitrogens is 6. The summed E-state index contributed by atoms with van der Waals surface area (Å²) in [4.78, 5) is 64.6. The molecule has 2 aliphatic heterocycles. The van der Waals surface area contributed by atoms with Crippen molar-refractivity contribution in [1.82, 2.24) is 34.8 Å². The molecular weight excluding hydrogens is 889 g/mol. The first kappa shape index (κ1) is 51.1. The monoisotopic (exact) mass is 936 g/mol. The number of benzene rings is 2. The molecule has 28 heteroatoms.